The molecule has 0 spiro atoms. The van der Waals surface area contributed by atoms with Crippen LogP contribution < -0.4 is 0 Å². The van der Waals surface area contributed by atoms with E-state index in [1.165, 1.54) is 0 Å². The molecule has 0 N–H and O–H groups in total. The van der Waals surface area contributed by atoms with Gasteiger partial charge in [0, 0.05) is 0 Å². The first-order valence-electron chi connectivity index (χ1n) is 4.74. The third-order valence-corrected chi connectivity index (χ3v) is 3.12. The molecule has 1 aliphatic heterocycles. The highest BCUT2D eigenvalue weighted by molar-refractivity contribution is 7.86. The van der Waals surface area contributed by atoms with Crippen molar-refractivity contribution in [2.45, 2.75) is 25.9 Å². The first-order valence-corrected chi connectivity index (χ1v) is 6.32. The van der Waals surface area contributed by atoms with E-state index in [9.17, 15) is 13.2 Å². The molecule has 1 fully saturated rings. The largest absolute Gasteiger partial charge is 0.508 e. The van der Waals surface area contributed by atoms with Crippen LogP contribution in [0.3, 0.4) is 0 Å². The van der Waals surface area contributed by atoms with Gasteiger partial charge in [-0.3, -0.25) is 4.18 Å². The Morgan fingerprint density at radius 1 is 1.53 bits per heavy atom. The second-order valence-electron chi connectivity index (χ2n) is 3.20. The quantitative estimate of drug-likeness (QED) is 0.500. The second-order valence-corrected chi connectivity index (χ2v) is 4.96. The van der Waals surface area contributed by atoms with E-state index < -0.39 is 22.4 Å². The summed E-state index contributed by atoms with van der Waals surface area (Å²) in [5.74, 6) is -0.00891. The van der Waals surface area contributed by atoms with Crippen LogP contribution in [-0.2, 0) is 23.8 Å². The monoisotopic (exact) mass is 238 g/mol. The molecule has 1 unspecified atom stereocenters. The van der Waals surface area contributed by atoms with Crippen LogP contribution in [-0.4, -0.2) is 39.6 Å². The van der Waals surface area contributed by atoms with Crippen LogP contribution in [0.25, 0.3) is 0 Å². The smallest absolute Gasteiger partial charge is 0.430 e. The molecule has 0 aromatic carbocycles. The summed E-state index contributed by atoms with van der Waals surface area (Å²) in [7, 11) is -3.50. The molecule has 0 saturated carbocycles. The van der Waals surface area contributed by atoms with Gasteiger partial charge in [0.05, 0.1) is 5.75 Å². The summed E-state index contributed by atoms with van der Waals surface area (Å²) in [4.78, 5) is 10.5. The van der Waals surface area contributed by atoms with Gasteiger partial charge >= 0.3 is 6.16 Å². The summed E-state index contributed by atoms with van der Waals surface area (Å²) in [6, 6.07) is 0. The fraction of sp³-hybridized carbons (Fsp3) is 0.875. The lowest BCUT2D eigenvalue weighted by molar-refractivity contribution is 0.0996. The minimum Gasteiger partial charge on any atom is -0.430 e. The number of rotatable bonds is 6. The lowest BCUT2D eigenvalue weighted by Crippen LogP contribution is -2.22. The van der Waals surface area contributed by atoms with Crippen LogP contribution in [0.1, 0.15) is 19.8 Å². The molecule has 0 bridgehead atoms. The predicted octanol–water partition coefficient (Wildman–Crippen LogP) is 0.668. The van der Waals surface area contributed by atoms with E-state index in [-0.39, 0.29) is 19.0 Å². The predicted molar refractivity (Wildman–Crippen MR) is 50.9 cm³/mol. The first kappa shape index (κ1) is 12.3. The average molecular weight is 238 g/mol. The van der Waals surface area contributed by atoms with Crippen molar-refractivity contribution in [2.75, 3.05) is 19.0 Å². The van der Waals surface area contributed by atoms with Crippen molar-refractivity contribution in [2.24, 2.45) is 0 Å². The van der Waals surface area contributed by atoms with Crippen molar-refractivity contribution >= 4 is 16.3 Å². The SMILES string of the molecule is CCCCS(=O)(=O)OCC1COC(=O)O1. The van der Waals surface area contributed by atoms with Gasteiger partial charge < -0.3 is 9.47 Å². The zero-order valence-electron chi connectivity index (χ0n) is 8.47. The van der Waals surface area contributed by atoms with Crippen LogP contribution in [0.15, 0.2) is 0 Å². The van der Waals surface area contributed by atoms with Gasteiger partial charge in [-0.15, -0.1) is 0 Å². The van der Waals surface area contributed by atoms with Gasteiger partial charge in [-0.2, -0.15) is 8.42 Å². The summed E-state index contributed by atoms with van der Waals surface area (Å²) in [5, 5.41) is 0. The van der Waals surface area contributed by atoms with Crippen molar-refractivity contribution in [3.8, 4) is 0 Å². The number of carbonyl (C=O) groups excluding carboxylic acids is 1. The number of carbonyl (C=O) groups is 1. The van der Waals surface area contributed by atoms with Gasteiger partial charge in [0.15, 0.2) is 6.10 Å². The Morgan fingerprint density at radius 2 is 2.27 bits per heavy atom. The number of unbranched alkanes of at least 4 members (excludes halogenated alkanes) is 1. The molecule has 6 nitrogen and oxygen atoms in total. The highest BCUT2D eigenvalue weighted by Gasteiger charge is 2.27. The standard InChI is InChI=1S/C8H14O6S/c1-2-3-4-15(10,11)13-6-7-5-12-8(9)14-7/h7H,2-6H2,1H3. The Labute approximate surface area is 88.6 Å². The van der Waals surface area contributed by atoms with Gasteiger partial charge in [-0.05, 0) is 6.42 Å². The topological polar surface area (TPSA) is 78.9 Å². The highest BCUT2D eigenvalue weighted by Crippen LogP contribution is 2.08. The zero-order chi connectivity index (χ0) is 11.3. The summed E-state index contributed by atoms with van der Waals surface area (Å²) in [6.07, 6.45) is -0.0589. The minimum atomic E-state index is -3.50. The summed E-state index contributed by atoms with van der Waals surface area (Å²) < 4.78 is 36.2. The number of hydrogen-bond acceptors (Lipinski definition) is 6. The van der Waals surface area contributed by atoms with Gasteiger partial charge in [0.1, 0.15) is 13.2 Å². The van der Waals surface area contributed by atoms with Crippen LogP contribution in [0.4, 0.5) is 4.79 Å². The Morgan fingerprint density at radius 3 is 2.80 bits per heavy atom. The van der Waals surface area contributed by atoms with Crippen LogP contribution >= 0.6 is 0 Å². The molecular formula is C8H14O6S. The molecule has 0 aromatic rings. The molecular weight excluding hydrogens is 224 g/mol. The molecule has 0 aromatic heterocycles. The van der Waals surface area contributed by atoms with Crippen molar-refractivity contribution in [1.29, 1.82) is 0 Å². The Kier molecular flexibility index (Phi) is 4.34. The van der Waals surface area contributed by atoms with Crippen LogP contribution in [0.5, 0.6) is 0 Å². The van der Waals surface area contributed by atoms with Gasteiger partial charge in [-0.25, -0.2) is 4.79 Å². The lowest BCUT2D eigenvalue weighted by Gasteiger charge is -2.07. The maximum absolute atomic E-state index is 11.2. The average Bonchev–Trinajstić information content (AvgIpc) is 2.59. The molecule has 1 heterocycles. The Balaban J connectivity index is 2.27. The van der Waals surface area contributed by atoms with E-state index in [1.54, 1.807) is 0 Å². The fourth-order valence-corrected chi connectivity index (χ4v) is 2.13. The van der Waals surface area contributed by atoms with E-state index in [1.807, 2.05) is 6.92 Å². The molecule has 0 radical (unpaired) electrons. The van der Waals surface area contributed by atoms with E-state index in [0.29, 0.717) is 6.42 Å². The Hall–Kier alpha value is -0.820. The van der Waals surface area contributed by atoms with Crippen molar-refractivity contribution < 1.29 is 26.9 Å². The summed E-state index contributed by atoms with van der Waals surface area (Å²) >= 11 is 0. The maximum atomic E-state index is 11.2. The van der Waals surface area contributed by atoms with Crippen molar-refractivity contribution in [1.82, 2.24) is 0 Å². The summed E-state index contributed by atoms with van der Waals surface area (Å²) in [5.41, 5.74) is 0. The van der Waals surface area contributed by atoms with E-state index in [0.717, 1.165) is 6.42 Å². The molecule has 1 saturated heterocycles. The molecule has 1 atom stereocenters. The number of cyclic esters (lactones) is 2. The van der Waals surface area contributed by atoms with Crippen molar-refractivity contribution in [3.63, 3.8) is 0 Å². The highest BCUT2D eigenvalue weighted by atomic mass is 32.2. The third-order valence-electron chi connectivity index (χ3n) is 1.83. The van der Waals surface area contributed by atoms with Crippen LogP contribution in [0.2, 0.25) is 0 Å². The normalized spacial score (nSPS) is 21.1. The fourth-order valence-electron chi connectivity index (χ4n) is 1.01. The first-order chi connectivity index (χ1) is 7.03. The molecule has 1 aliphatic rings. The molecule has 0 amide bonds. The Bertz CT molecular complexity index is 309. The third kappa shape index (κ3) is 4.48. The molecule has 0 aliphatic carbocycles. The van der Waals surface area contributed by atoms with Crippen molar-refractivity contribution in [3.05, 3.63) is 0 Å². The van der Waals surface area contributed by atoms with Gasteiger partial charge in [0.25, 0.3) is 10.1 Å². The second kappa shape index (κ2) is 5.32. The molecule has 7 heteroatoms. The number of hydrogen-bond donors (Lipinski definition) is 0. The number of ether oxygens (including phenoxy) is 2. The van der Waals surface area contributed by atoms with Crippen LogP contribution in [0, 0.1) is 0 Å². The lowest BCUT2D eigenvalue weighted by atomic mass is 10.4. The molecule has 1 rings (SSSR count). The maximum Gasteiger partial charge on any atom is 0.508 e. The molecule has 88 valence electrons. The minimum absolute atomic E-state index is 0.00891. The molecule has 15 heavy (non-hydrogen) atoms. The van der Waals surface area contributed by atoms with Gasteiger partial charge in [-0.1, -0.05) is 13.3 Å². The van der Waals surface area contributed by atoms with E-state index >= 15 is 0 Å². The zero-order valence-corrected chi connectivity index (χ0v) is 9.29. The summed E-state index contributed by atoms with van der Waals surface area (Å²) in [6.45, 7) is 1.77. The van der Waals surface area contributed by atoms with E-state index in [2.05, 4.69) is 13.7 Å². The van der Waals surface area contributed by atoms with Gasteiger partial charge in [0.2, 0.25) is 0 Å². The van der Waals surface area contributed by atoms with E-state index in [4.69, 9.17) is 0 Å².